The number of rotatable bonds is 1. The smallest absolute Gasteiger partial charge is 0.169 e. The van der Waals surface area contributed by atoms with E-state index in [2.05, 4.69) is 5.10 Å². The van der Waals surface area contributed by atoms with Gasteiger partial charge in [0.15, 0.2) is 5.75 Å². The molecule has 0 unspecified atom stereocenters. The number of aryl methyl sites for hydroxylation is 2. The molecule has 1 aromatic heterocycles. The van der Waals surface area contributed by atoms with Crippen molar-refractivity contribution in [2.24, 2.45) is 7.05 Å². The largest absolute Gasteiger partial charge is 0.492 e. The number of ether oxygens (including phenoxy) is 1. The lowest BCUT2D eigenvalue weighted by molar-refractivity contribution is 0.420. The van der Waals surface area contributed by atoms with Crippen molar-refractivity contribution >= 4 is 16.6 Å². The van der Waals surface area contributed by atoms with Crippen LogP contribution in [0.5, 0.6) is 5.75 Å². The zero-order chi connectivity index (χ0) is 10.3. The summed E-state index contributed by atoms with van der Waals surface area (Å²) in [6, 6.07) is 3.81. The molecule has 0 saturated heterocycles. The second-order valence-corrected chi connectivity index (χ2v) is 3.29. The predicted octanol–water partition coefficient (Wildman–Crippen LogP) is 1.47. The van der Waals surface area contributed by atoms with Crippen LogP contribution in [0, 0.1) is 6.92 Å². The minimum absolute atomic E-state index is 0.623. The monoisotopic (exact) mass is 191 g/mol. The first-order chi connectivity index (χ1) is 6.65. The fourth-order valence-corrected chi connectivity index (χ4v) is 1.59. The van der Waals surface area contributed by atoms with Gasteiger partial charge in [0.05, 0.1) is 12.8 Å². The number of nitrogens with zero attached hydrogens (tertiary/aromatic N) is 2. The van der Waals surface area contributed by atoms with Gasteiger partial charge in [-0.2, -0.15) is 5.10 Å². The molecule has 0 fully saturated rings. The first kappa shape index (κ1) is 8.87. The summed E-state index contributed by atoms with van der Waals surface area (Å²) < 4.78 is 7.05. The van der Waals surface area contributed by atoms with E-state index in [9.17, 15) is 0 Å². The standard InChI is InChI=1S/C10H13N3O/c1-6-7-4-5-8(11)10(14-3)9(7)12-13(6)2/h4-5H,11H2,1-3H3. The van der Waals surface area contributed by atoms with E-state index < -0.39 is 0 Å². The Morgan fingerprint density at radius 2 is 2.14 bits per heavy atom. The summed E-state index contributed by atoms with van der Waals surface area (Å²) in [5, 5.41) is 5.44. The van der Waals surface area contributed by atoms with Crippen molar-refractivity contribution in [3.63, 3.8) is 0 Å². The van der Waals surface area contributed by atoms with E-state index in [4.69, 9.17) is 10.5 Å². The minimum atomic E-state index is 0.623. The lowest BCUT2D eigenvalue weighted by Crippen LogP contribution is -1.93. The highest BCUT2D eigenvalue weighted by atomic mass is 16.5. The molecule has 0 radical (unpaired) electrons. The molecule has 74 valence electrons. The third-order valence-electron chi connectivity index (χ3n) is 2.49. The molecule has 1 aromatic carbocycles. The van der Waals surface area contributed by atoms with Crippen molar-refractivity contribution in [1.29, 1.82) is 0 Å². The highest BCUT2D eigenvalue weighted by Crippen LogP contribution is 2.31. The summed E-state index contributed by atoms with van der Waals surface area (Å²) in [6.45, 7) is 2.02. The lowest BCUT2D eigenvalue weighted by atomic mass is 10.2. The average Bonchev–Trinajstić information content (AvgIpc) is 2.43. The van der Waals surface area contributed by atoms with Crippen LogP contribution in [0.1, 0.15) is 5.69 Å². The molecule has 0 bridgehead atoms. The highest BCUT2D eigenvalue weighted by Gasteiger charge is 2.11. The third-order valence-corrected chi connectivity index (χ3v) is 2.49. The fourth-order valence-electron chi connectivity index (χ4n) is 1.59. The third kappa shape index (κ3) is 1.04. The van der Waals surface area contributed by atoms with Gasteiger partial charge in [0.2, 0.25) is 0 Å². The molecule has 4 heteroatoms. The quantitative estimate of drug-likeness (QED) is 0.694. The van der Waals surface area contributed by atoms with Gasteiger partial charge in [0.25, 0.3) is 0 Å². The lowest BCUT2D eigenvalue weighted by Gasteiger charge is -2.03. The van der Waals surface area contributed by atoms with Crippen LogP contribution >= 0.6 is 0 Å². The molecule has 0 aliphatic rings. The number of nitrogens with two attached hydrogens (primary N) is 1. The van der Waals surface area contributed by atoms with Crippen molar-refractivity contribution < 1.29 is 4.74 Å². The van der Waals surface area contributed by atoms with E-state index in [1.807, 2.05) is 30.8 Å². The molecule has 2 N–H and O–H groups in total. The predicted molar refractivity (Wildman–Crippen MR) is 56.4 cm³/mol. The van der Waals surface area contributed by atoms with Gasteiger partial charge >= 0.3 is 0 Å². The number of fused-ring (bicyclic) bond motifs is 1. The summed E-state index contributed by atoms with van der Waals surface area (Å²) in [5.74, 6) is 0.659. The molecule has 0 saturated carbocycles. The van der Waals surface area contributed by atoms with E-state index in [0.29, 0.717) is 11.4 Å². The Hall–Kier alpha value is -1.71. The molecular formula is C10H13N3O. The highest BCUT2D eigenvalue weighted by molar-refractivity contribution is 5.91. The molecule has 0 amide bonds. The number of benzene rings is 1. The Kier molecular flexibility index (Phi) is 1.84. The topological polar surface area (TPSA) is 53.1 Å². The summed E-state index contributed by atoms with van der Waals surface area (Å²) >= 11 is 0. The number of hydrogen-bond acceptors (Lipinski definition) is 3. The molecule has 2 rings (SSSR count). The van der Waals surface area contributed by atoms with E-state index in [1.54, 1.807) is 7.11 Å². The van der Waals surface area contributed by atoms with Crippen LogP contribution < -0.4 is 10.5 Å². The number of methoxy groups -OCH3 is 1. The van der Waals surface area contributed by atoms with Gasteiger partial charge in [-0.1, -0.05) is 0 Å². The van der Waals surface area contributed by atoms with Gasteiger partial charge in [-0.15, -0.1) is 0 Å². The summed E-state index contributed by atoms with van der Waals surface area (Å²) in [5.41, 5.74) is 8.34. The minimum Gasteiger partial charge on any atom is -0.492 e. The zero-order valence-corrected chi connectivity index (χ0v) is 8.53. The molecule has 0 atom stereocenters. The van der Waals surface area contributed by atoms with Crippen LogP contribution in [-0.2, 0) is 7.05 Å². The van der Waals surface area contributed by atoms with Gasteiger partial charge in [-0.05, 0) is 19.1 Å². The van der Waals surface area contributed by atoms with E-state index in [1.165, 1.54) is 0 Å². The maximum absolute atomic E-state index is 5.78. The van der Waals surface area contributed by atoms with Crippen LogP contribution in [0.25, 0.3) is 10.9 Å². The van der Waals surface area contributed by atoms with Crippen molar-refractivity contribution in [1.82, 2.24) is 9.78 Å². The molecular weight excluding hydrogens is 178 g/mol. The first-order valence-corrected chi connectivity index (χ1v) is 4.41. The number of aromatic nitrogens is 2. The molecule has 14 heavy (non-hydrogen) atoms. The van der Waals surface area contributed by atoms with Crippen LogP contribution in [0.2, 0.25) is 0 Å². The zero-order valence-electron chi connectivity index (χ0n) is 8.53. The molecule has 0 spiro atoms. The van der Waals surface area contributed by atoms with Crippen molar-refractivity contribution in [2.45, 2.75) is 6.92 Å². The van der Waals surface area contributed by atoms with Crippen LogP contribution in [-0.4, -0.2) is 16.9 Å². The van der Waals surface area contributed by atoms with Crippen molar-refractivity contribution in [3.05, 3.63) is 17.8 Å². The number of nitrogen functional groups attached to an aromatic ring is 1. The Morgan fingerprint density at radius 3 is 2.79 bits per heavy atom. The van der Waals surface area contributed by atoms with Crippen molar-refractivity contribution in [3.8, 4) is 5.75 Å². The summed E-state index contributed by atoms with van der Waals surface area (Å²) in [4.78, 5) is 0. The Labute approximate surface area is 82.3 Å². The van der Waals surface area contributed by atoms with Gasteiger partial charge in [-0.3, -0.25) is 4.68 Å². The van der Waals surface area contributed by atoms with E-state index in [-0.39, 0.29) is 0 Å². The maximum Gasteiger partial charge on any atom is 0.169 e. The second kappa shape index (κ2) is 2.90. The summed E-state index contributed by atoms with van der Waals surface area (Å²) in [6.07, 6.45) is 0. The van der Waals surface area contributed by atoms with Crippen LogP contribution in [0.15, 0.2) is 12.1 Å². The van der Waals surface area contributed by atoms with Crippen molar-refractivity contribution in [2.75, 3.05) is 12.8 Å². The summed E-state index contributed by atoms with van der Waals surface area (Å²) in [7, 11) is 3.51. The number of anilines is 1. The Morgan fingerprint density at radius 1 is 1.43 bits per heavy atom. The first-order valence-electron chi connectivity index (χ1n) is 4.41. The molecule has 0 aliphatic carbocycles. The molecule has 1 heterocycles. The Bertz CT molecular complexity index is 488. The van der Waals surface area contributed by atoms with Crippen LogP contribution in [0.3, 0.4) is 0 Å². The molecule has 2 aromatic rings. The fraction of sp³-hybridized carbons (Fsp3) is 0.300. The average molecular weight is 191 g/mol. The van der Waals surface area contributed by atoms with Gasteiger partial charge in [-0.25, -0.2) is 0 Å². The second-order valence-electron chi connectivity index (χ2n) is 3.29. The van der Waals surface area contributed by atoms with Gasteiger partial charge in [0.1, 0.15) is 5.52 Å². The SMILES string of the molecule is COc1c(N)ccc2c(C)n(C)nc12. The number of hydrogen-bond donors (Lipinski definition) is 1. The molecule has 0 aliphatic heterocycles. The maximum atomic E-state index is 5.78. The van der Waals surface area contributed by atoms with Gasteiger partial charge in [0, 0.05) is 18.1 Å². The van der Waals surface area contributed by atoms with E-state index in [0.717, 1.165) is 16.6 Å². The Balaban J connectivity index is 2.88. The van der Waals surface area contributed by atoms with Gasteiger partial charge < -0.3 is 10.5 Å². The molecule has 4 nitrogen and oxygen atoms in total. The van der Waals surface area contributed by atoms with Crippen LogP contribution in [0.4, 0.5) is 5.69 Å². The normalized spacial score (nSPS) is 10.8. The van der Waals surface area contributed by atoms with E-state index >= 15 is 0 Å².